The van der Waals surface area contributed by atoms with Crippen molar-refractivity contribution >= 4 is 0 Å². The van der Waals surface area contributed by atoms with Crippen LogP contribution in [0.4, 0.5) is 0 Å². The molecule has 2 atom stereocenters. The van der Waals surface area contributed by atoms with E-state index in [1.165, 1.54) is 58.5 Å². The summed E-state index contributed by atoms with van der Waals surface area (Å²) in [7, 11) is 0. The second-order valence-corrected chi connectivity index (χ2v) is 5.97. The summed E-state index contributed by atoms with van der Waals surface area (Å²) in [6, 6.07) is 1.80. The fourth-order valence-electron chi connectivity index (χ4n) is 3.57. The Labute approximate surface area is 99.2 Å². The number of piperazine rings is 1. The number of hydrogen-bond acceptors (Lipinski definition) is 3. The molecule has 0 radical (unpaired) electrons. The van der Waals surface area contributed by atoms with Crippen LogP contribution in [0.15, 0.2) is 0 Å². The number of likely N-dealkylation sites (tertiary alicyclic amines) is 1. The van der Waals surface area contributed by atoms with Crippen molar-refractivity contribution in [1.82, 2.24) is 15.1 Å². The third-order valence-electron chi connectivity index (χ3n) is 4.74. The van der Waals surface area contributed by atoms with Crippen molar-refractivity contribution in [2.24, 2.45) is 5.92 Å². The van der Waals surface area contributed by atoms with Gasteiger partial charge in [0.15, 0.2) is 0 Å². The van der Waals surface area contributed by atoms with Gasteiger partial charge in [-0.1, -0.05) is 6.92 Å². The van der Waals surface area contributed by atoms with Gasteiger partial charge >= 0.3 is 0 Å². The minimum atomic E-state index is 0.873. The highest BCUT2D eigenvalue weighted by Crippen LogP contribution is 2.32. The molecule has 0 amide bonds. The average Bonchev–Trinajstić information content (AvgIpc) is 2.64. The molecule has 3 fully saturated rings. The van der Waals surface area contributed by atoms with Crippen LogP contribution >= 0.6 is 0 Å². The van der Waals surface area contributed by atoms with Crippen molar-refractivity contribution in [2.75, 3.05) is 39.3 Å². The van der Waals surface area contributed by atoms with Crippen LogP contribution in [-0.4, -0.2) is 61.2 Å². The van der Waals surface area contributed by atoms with Gasteiger partial charge in [-0.15, -0.1) is 0 Å². The molecule has 2 unspecified atom stereocenters. The molecule has 92 valence electrons. The first kappa shape index (κ1) is 11.0. The van der Waals surface area contributed by atoms with Gasteiger partial charge in [-0.25, -0.2) is 0 Å². The molecule has 3 aliphatic rings. The highest BCUT2D eigenvalue weighted by atomic mass is 15.3. The lowest BCUT2D eigenvalue weighted by Gasteiger charge is -2.49. The Balaban J connectivity index is 1.43. The van der Waals surface area contributed by atoms with Crippen molar-refractivity contribution in [3.8, 4) is 0 Å². The van der Waals surface area contributed by atoms with E-state index in [4.69, 9.17) is 0 Å². The van der Waals surface area contributed by atoms with Crippen molar-refractivity contribution in [2.45, 2.75) is 38.3 Å². The number of nitrogens with one attached hydrogen (secondary N) is 1. The minimum absolute atomic E-state index is 0.873. The maximum Gasteiger partial charge on any atom is 0.0351 e. The number of hydrogen-bond donors (Lipinski definition) is 1. The molecule has 1 saturated carbocycles. The third kappa shape index (κ3) is 2.13. The Kier molecular flexibility index (Phi) is 3.18. The highest BCUT2D eigenvalue weighted by molar-refractivity contribution is 4.95. The molecule has 1 aliphatic carbocycles. The molecule has 16 heavy (non-hydrogen) atoms. The monoisotopic (exact) mass is 223 g/mol. The first-order valence-corrected chi connectivity index (χ1v) is 7.02. The minimum Gasteiger partial charge on any atom is -0.314 e. The largest absolute Gasteiger partial charge is 0.314 e. The second-order valence-electron chi connectivity index (χ2n) is 5.97. The molecule has 0 aromatic heterocycles. The van der Waals surface area contributed by atoms with Crippen LogP contribution < -0.4 is 5.32 Å². The maximum absolute atomic E-state index is 3.43. The molecular formula is C13H25N3. The Bertz CT molecular complexity index is 223. The number of rotatable bonds is 2. The van der Waals surface area contributed by atoms with Gasteiger partial charge in [-0.3, -0.25) is 9.80 Å². The summed E-state index contributed by atoms with van der Waals surface area (Å²) in [6.45, 7) is 10.0. The topological polar surface area (TPSA) is 18.5 Å². The predicted octanol–water partition coefficient (Wildman–Crippen LogP) is 0.764. The first-order valence-electron chi connectivity index (χ1n) is 7.02. The van der Waals surface area contributed by atoms with Crippen LogP contribution in [0.3, 0.4) is 0 Å². The van der Waals surface area contributed by atoms with Gasteiger partial charge in [-0.2, -0.15) is 0 Å². The second kappa shape index (κ2) is 4.63. The lowest BCUT2D eigenvalue weighted by atomic mass is 10.0. The van der Waals surface area contributed by atoms with Crippen LogP contribution in [0.1, 0.15) is 26.2 Å². The maximum atomic E-state index is 3.43. The molecule has 3 nitrogen and oxygen atoms in total. The third-order valence-corrected chi connectivity index (χ3v) is 4.74. The number of nitrogens with zero attached hydrogens (tertiary/aromatic N) is 2. The van der Waals surface area contributed by atoms with E-state index in [2.05, 4.69) is 22.0 Å². The normalized spacial score (nSPS) is 38.8. The molecule has 2 heterocycles. The van der Waals surface area contributed by atoms with Crippen molar-refractivity contribution in [3.63, 3.8) is 0 Å². The summed E-state index contributed by atoms with van der Waals surface area (Å²) >= 11 is 0. The Morgan fingerprint density at radius 2 is 1.69 bits per heavy atom. The molecular weight excluding hydrogens is 198 g/mol. The zero-order valence-electron chi connectivity index (χ0n) is 10.5. The van der Waals surface area contributed by atoms with Gasteiger partial charge in [0, 0.05) is 51.4 Å². The fraction of sp³-hybridized carbons (Fsp3) is 1.00. The van der Waals surface area contributed by atoms with Gasteiger partial charge in [0.1, 0.15) is 0 Å². The van der Waals surface area contributed by atoms with E-state index >= 15 is 0 Å². The Morgan fingerprint density at radius 3 is 2.31 bits per heavy atom. The lowest BCUT2D eigenvalue weighted by molar-refractivity contribution is 0.000495. The average molecular weight is 223 g/mol. The van der Waals surface area contributed by atoms with E-state index in [1.54, 1.807) is 0 Å². The summed E-state index contributed by atoms with van der Waals surface area (Å²) in [5.74, 6) is 0.975. The highest BCUT2D eigenvalue weighted by Gasteiger charge is 2.38. The van der Waals surface area contributed by atoms with Crippen molar-refractivity contribution in [3.05, 3.63) is 0 Å². The molecule has 3 rings (SSSR count). The first-order chi connectivity index (χ1) is 7.83. The van der Waals surface area contributed by atoms with Gasteiger partial charge < -0.3 is 5.32 Å². The molecule has 0 aromatic rings. The van der Waals surface area contributed by atoms with Crippen LogP contribution in [0.5, 0.6) is 0 Å². The summed E-state index contributed by atoms with van der Waals surface area (Å²) in [4.78, 5) is 5.42. The summed E-state index contributed by atoms with van der Waals surface area (Å²) in [6.07, 6.45) is 4.36. The Hall–Kier alpha value is -0.120. The predicted molar refractivity (Wildman–Crippen MR) is 66.6 cm³/mol. The van der Waals surface area contributed by atoms with Gasteiger partial charge in [0.2, 0.25) is 0 Å². The van der Waals surface area contributed by atoms with Crippen molar-refractivity contribution < 1.29 is 0 Å². The molecule has 3 heteroatoms. The molecule has 2 aliphatic heterocycles. The molecule has 1 N–H and O–H groups in total. The van der Waals surface area contributed by atoms with Crippen LogP contribution in [0.25, 0.3) is 0 Å². The van der Waals surface area contributed by atoms with Gasteiger partial charge in [0.25, 0.3) is 0 Å². The van der Waals surface area contributed by atoms with Gasteiger partial charge in [-0.05, 0) is 25.2 Å². The van der Waals surface area contributed by atoms with Crippen LogP contribution in [0.2, 0.25) is 0 Å². The Morgan fingerprint density at radius 1 is 0.938 bits per heavy atom. The van der Waals surface area contributed by atoms with E-state index in [1.807, 2.05) is 0 Å². The zero-order valence-corrected chi connectivity index (χ0v) is 10.5. The fourth-order valence-corrected chi connectivity index (χ4v) is 3.57. The molecule has 0 spiro atoms. The van der Waals surface area contributed by atoms with Crippen LogP contribution in [-0.2, 0) is 0 Å². The molecule has 0 aromatic carbocycles. The summed E-state index contributed by atoms with van der Waals surface area (Å²) in [5, 5.41) is 3.43. The van der Waals surface area contributed by atoms with E-state index in [9.17, 15) is 0 Å². The van der Waals surface area contributed by atoms with E-state index < -0.39 is 0 Å². The quantitative estimate of drug-likeness (QED) is 0.746. The van der Waals surface area contributed by atoms with E-state index in [0.29, 0.717) is 0 Å². The SMILES string of the molecule is CC1CCC(N2CC(N3CCNCC3)C2)C1. The summed E-state index contributed by atoms with van der Waals surface area (Å²) in [5.41, 5.74) is 0. The standard InChI is InChI=1S/C13H25N3/c1-11-2-3-12(8-11)16-9-13(10-16)15-6-4-14-5-7-15/h11-14H,2-10H2,1H3. The smallest absolute Gasteiger partial charge is 0.0351 e. The van der Waals surface area contributed by atoms with Crippen molar-refractivity contribution in [1.29, 1.82) is 0 Å². The molecule has 0 bridgehead atoms. The van der Waals surface area contributed by atoms with E-state index in [0.717, 1.165) is 18.0 Å². The molecule has 2 saturated heterocycles. The zero-order chi connectivity index (χ0) is 11.0. The van der Waals surface area contributed by atoms with Gasteiger partial charge in [0.05, 0.1) is 0 Å². The van der Waals surface area contributed by atoms with E-state index in [-0.39, 0.29) is 0 Å². The lowest BCUT2D eigenvalue weighted by Crippen LogP contribution is -2.64. The van der Waals surface area contributed by atoms with Crippen LogP contribution in [0, 0.1) is 5.92 Å². The summed E-state index contributed by atoms with van der Waals surface area (Å²) < 4.78 is 0.